The van der Waals surface area contributed by atoms with E-state index in [1.807, 2.05) is 0 Å². The Morgan fingerprint density at radius 2 is 1.19 bits per heavy atom. The van der Waals surface area contributed by atoms with Crippen molar-refractivity contribution < 1.29 is 9.05 Å². The van der Waals surface area contributed by atoms with E-state index in [1.54, 1.807) is 0 Å². The molecule has 2 nitrogen and oxygen atoms in total. The van der Waals surface area contributed by atoms with Gasteiger partial charge in [0, 0.05) is 23.3 Å². The van der Waals surface area contributed by atoms with E-state index in [0.717, 1.165) is 17.6 Å². The molecule has 0 aliphatic rings. The summed E-state index contributed by atoms with van der Waals surface area (Å²) in [4.78, 5) is 0. The minimum atomic E-state index is 0.945. The standard InChI is InChI=1S/C29H48N2/c1-4-5-6-7-8-9-10-11-12-13-14-18-24-31(2,3)27-29-21-19-20-28(25-29)26-30-22-16-15-17-23-30/h15-17,19-23,25H,4-14,18,24,26-27H2,1-3H3/q+2. The van der Waals surface area contributed by atoms with E-state index < -0.39 is 0 Å². The number of aromatic nitrogens is 1. The van der Waals surface area contributed by atoms with Crippen molar-refractivity contribution in [2.45, 2.75) is 97.1 Å². The Morgan fingerprint density at radius 3 is 1.81 bits per heavy atom. The van der Waals surface area contributed by atoms with Crippen LogP contribution in [0.25, 0.3) is 0 Å². The first-order chi connectivity index (χ1) is 15.1. The number of pyridine rings is 1. The van der Waals surface area contributed by atoms with Crippen molar-refractivity contribution >= 4 is 0 Å². The smallest absolute Gasteiger partial charge is 0.173 e. The van der Waals surface area contributed by atoms with Crippen molar-refractivity contribution in [1.82, 2.24) is 0 Å². The number of nitrogens with zero attached hydrogens (tertiary/aromatic N) is 2. The monoisotopic (exact) mass is 424 g/mol. The van der Waals surface area contributed by atoms with E-state index in [-0.39, 0.29) is 0 Å². The molecule has 2 aromatic rings. The Labute approximate surface area is 192 Å². The Kier molecular flexibility index (Phi) is 12.5. The molecule has 1 heterocycles. The Hall–Kier alpha value is -1.67. The van der Waals surface area contributed by atoms with Crippen molar-refractivity contribution in [1.29, 1.82) is 0 Å². The van der Waals surface area contributed by atoms with E-state index in [1.165, 1.54) is 94.7 Å². The highest BCUT2D eigenvalue weighted by Crippen LogP contribution is 2.15. The summed E-state index contributed by atoms with van der Waals surface area (Å²) in [6, 6.07) is 15.4. The van der Waals surface area contributed by atoms with E-state index in [9.17, 15) is 0 Å². The third kappa shape index (κ3) is 12.1. The van der Waals surface area contributed by atoms with Gasteiger partial charge in [0.1, 0.15) is 6.54 Å². The van der Waals surface area contributed by atoms with Gasteiger partial charge in [0.2, 0.25) is 0 Å². The molecule has 0 bridgehead atoms. The highest BCUT2D eigenvalue weighted by atomic mass is 15.3. The van der Waals surface area contributed by atoms with Crippen LogP contribution < -0.4 is 4.57 Å². The van der Waals surface area contributed by atoms with Crippen LogP contribution in [0.1, 0.15) is 95.1 Å². The summed E-state index contributed by atoms with van der Waals surface area (Å²) in [5.74, 6) is 0. The lowest BCUT2D eigenvalue weighted by atomic mass is 10.0. The largest absolute Gasteiger partial charge is 0.325 e. The number of rotatable bonds is 17. The number of hydrogen-bond acceptors (Lipinski definition) is 0. The summed E-state index contributed by atoms with van der Waals surface area (Å²) in [7, 11) is 4.77. The first-order valence-corrected chi connectivity index (χ1v) is 12.9. The Morgan fingerprint density at radius 1 is 0.645 bits per heavy atom. The molecule has 0 aliphatic heterocycles. The zero-order chi connectivity index (χ0) is 22.2. The molecular weight excluding hydrogens is 376 g/mol. The predicted octanol–water partition coefficient (Wildman–Crippen LogP) is 7.30. The summed E-state index contributed by atoms with van der Waals surface area (Å²) in [6.07, 6.45) is 21.3. The van der Waals surface area contributed by atoms with Gasteiger partial charge in [-0.3, -0.25) is 0 Å². The van der Waals surface area contributed by atoms with Crippen LogP contribution in [-0.2, 0) is 13.1 Å². The predicted molar refractivity (Wildman–Crippen MR) is 134 cm³/mol. The molecule has 1 aromatic heterocycles. The fraction of sp³-hybridized carbons (Fsp3) is 0.621. The maximum absolute atomic E-state index is 2.39. The second kappa shape index (κ2) is 15.2. The van der Waals surface area contributed by atoms with Gasteiger partial charge in [0.05, 0.1) is 20.6 Å². The molecular formula is C29H48N2+2. The van der Waals surface area contributed by atoms with Crippen molar-refractivity contribution in [2.24, 2.45) is 0 Å². The van der Waals surface area contributed by atoms with Crippen LogP contribution in [0.3, 0.4) is 0 Å². The quantitative estimate of drug-likeness (QED) is 0.142. The topological polar surface area (TPSA) is 3.88 Å². The molecule has 0 fully saturated rings. The molecule has 0 unspecified atom stereocenters. The van der Waals surface area contributed by atoms with Crippen molar-refractivity contribution in [3.8, 4) is 0 Å². The molecule has 0 radical (unpaired) electrons. The molecule has 0 saturated heterocycles. The minimum Gasteiger partial charge on any atom is -0.325 e. The number of hydrogen-bond donors (Lipinski definition) is 0. The summed E-state index contributed by atoms with van der Waals surface area (Å²) < 4.78 is 3.32. The van der Waals surface area contributed by atoms with E-state index in [0.29, 0.717) is 0 Å². The average Bonchev–Trinajstić information content (AvgIpc) is 2.75. The van der Waals surface area contributed by atoms with Gasteiger partial charge >= 0.3 is 0 Å². The first kappa shape index (κ1) is 25.6. The molecule has 172 valence electrons. The minimum absolute atomic E-state index is 0.945. The first-order valence-electron chi connectivity index (χ1n) is 12.9. The fourth-order valence-electron chi connectivity index (χ4n) is 4.53. The summed E-state index contributed by atoms with van der Waals surface area (Å²) >= 11 is 0. The van der Waals surface area contributed by atoms with E-state index in [4.69, 9.17) is 0 Å². The zero-order valence-electron chi connectivity index (χ0n) is 20.7. The third-order valence-corrected chi connectivity index (χ3v) is 6.36. The summed E-state index contributed by atoms with van der Waals surface area (Å²) in [5, 5.41) is 0. The molecule has 2 rings (SSSR count). The van der Waals surface area contributed by atoms with Gasteiger partial charge in [-0.15, -0.1) is 0 Å². The van der Waals surface area contributed by atoms with Crippen LogP contribution in [0.5, 0.6) is 0 Å². The number of unbranched alkanes of at least 4 members (excludes halogenated alkanes) is 11. The van der Waals surface area contributed by atoms with Crippen molar-refractivity contribution in [3.05, 3.63) is 66.0 Å². The molecule has 31 heavy (non-hydrogen) atoms. The van der Waals surface area contributed by atoms with Gasteiger partial charge in [0.25, 0.3) is 0 Å². The third-order valence-electron chi connectivity index (χ3n) is 6.36. The van der Waals surface area contributed by atoms with Crippen LogP contribution in [0, 0.1) is 0 Å². The van der Waals surface area contributed by atoms with Crippen LogP contribution in [0.15, 0.2) is 54.9 Å². The normalized spacial score (nSPS) is 11.7. The maximum Gasteiger partial charge on any atom is 0.173 e. The van der Waals surface area contributed by atoms with Crippen LogP contribution >= 0.6 is 0 Å². The van der Waals surface area contributed by atoms with Gasteiger partial charge < -0.3 is 4.48 Å². The van der Waals surface area contributed by atoms with Crippen LogP contribution in [0.2, 0.25) is 0 Å². The van der Waals surface area contributed by atoms with Gasteiger partial charge in [-0.1, -0.05) is 95.4 Å². The van der Waals surface area contributed by atoms with Crippen LogP contribution in [0.4, 0.5) is 0 Å². The van der Waals surface area contributed by atoms with Gasteiger partial charge in [-0.2, -0.15) is 0 Å². The van der Waals surface area contributed by atoms with Gasteiger partial charge in [-0.05, 0) is 18.9 Å². The van der Waals surface area contributed by atoms with Crippen molar-refractivity contribution in [3.63, 3.8) is 0 Å². The molecule has 0 saturated carbocycles. The lowest BCUT2D eigenvalue weighted by Gasteiger charge is -2.30. The molecule has 0 atom stereocenters. The number of benzene rings is 1. The zero-order valence-corrected chi connectivity index (χ0v) is 20.7. The average molecular weight is 425 g/mol. The summed E-state index contributed by atoms with van der Waals surface area (Å²) in [5.41, 5.74) is 2.84. The highest BCUT2D eigenvalue weighted by molar-refractivity contribution is 5.22. The number of quaternary nitrogens is 1. The second-order valence-electron chi connectivity index (χ2n) is 10.1. The lowest BCUT2D eigenvalue weighted by Crippen LogP contribution is -2.39. The van der Waals surface area contributed by atoms with Gasteiger partial charge in [0.15, 0.2) is 18.9 Å². The van der Waals surface area contributed by atoms with E-state index >= 15 is 0 Å². The van der Waals surface area contributed by atoms with E-state index in [2.05, 4.69) is 80.4 Å². The second-order valence-corrected chi connectivity index (χ2v) is 10.1. The highest BCUT2D eigenvalue weighted by Gasteiger charge is 2.16. The molecule has 2 heteroatoms. The molecule has 0 aliphatic carbocycles. The van der Waals surface area contributed by atoms with Crippen molar-refractivity contribution in [2.75, 3.05) is 20.6 Å². The summed E-state index contributed by atoms with van der Waals surface area (Å²) in [6.45, 7) is 5.63. The molecule has 0 amide bonds. The molecule has 0 N–H and O–H groups in total. The maximum atomic E-state index is 2.39. The molecule has 1 aromatic carbocycles. The van der Waals surface area contributed by atoms with Crippen LogP contribution in [-0.4, -0.2) is 25.1 Å². The lowest BCUT2D eigenvalue weighted by molar-refractivity contribution is -0.903. The SMILES string of the molecule is CCCCCCCCCCCCCC[N+](C)(C)Cc1cccc(C[n+]2ccccc2)c1. The molecule has 0 spiro atoms. The van der Waals surface area contributed by atoms with Gasteiger partial charge in [-0.25, -0.2) is 4.57 Å². The fourth-order valence-corrected chi connectivity index (χ4v) is 4.53. The Balaban J connectivity index is 1.58. The Bertz CT molecular complexity index is 693.